The van der Waals surface area contributed by atoms with E-state index in [9.17, 15) is 9.59 Å². The molecular weight excluding hydrogens is 354 g/mol. The molecule has 3 heterocycles. The molecule has 2 atom stereocenters. The minimum atomic E-state index is -0.187. The van der Waals surface area contributed by atoms with Crippen molar-refractivity contribution in [3.63, 3.8) is 0 Å². The van der Waals surface area contributed by atoms with Crippen LogP contribution in [0.25, 0.3) is 5.52 Å². The topological polar surface area (TPSA) is 80.4 Å². The van der Waals surface area contributed by atoms with Crippen LogP contribution in [0.4, 0.5) is 0 Å². The first-order valence-corrected chi connectivity index (χ1v) is 9.86. The summed E-state index contributed by atoms with van der Waals surface area (Å²) in [6.07, 6.45) is 9.34. The summed E-state index contributed by atoms with van der Waals surface area (Å²) >= 11 is 0. The molecule has 3 aromatic rings. The van der Waals surface area contributed by atoms with Gasteiger partial charge in [-0.25, -0.2) is 0 Å². The number of hydrogen-bond donors (Lipinski definition) is 2. The summed E-state index contributed by atoms with van der Waals surface area (Å²) in [5.41, 5.74) is 2.02. The minimum absolute atomic E-state index is 0.0820. The van der Waals surface area contributed by atoms with E-state index in [1.54, 1.807) is 16.9 Å². The summed E-state index contributed by atoms with van der Waals surface area (Å²) in [6, 6.07) is 9.28. The Bertz CT molecular complexity index is 957. The zero-order chi connectivity index (χ0) is 19.5. The zero-order valence-corrected chi connectivity index (χ0v) is 16.0. The molecule has 0 radical (unpaired) electrons. The number of aromatic nitrogens is 3. The van der Waals surface area contributed by atoms with Crippen molar-refractivity contribution in [1.82, 2.24) is 24.8 Å². The number of rotatable bonds is 5. The molecule has 7 heteroatoms. The van der Waals surface area contributed by atoms with Crippen molar-refractivity contribution in [2.24, 2.45) is 0 Å². The van der Waals surface area contributed by atoms with Gasteiger partial charge in [0.05, 0.1) is 5.56 Å². The molecule has 4 rings (SSSR count). The van der Waals surface area contributed by atoms with E-state index >= 15 is 0 Å². The Balaban J connectivity index is 1.44. The quantitative estimate of drug-likeness (QED) is 0.715. The molecule has 2 N–H and O–H groups in total. The number of nitrogens with zero attached hydrogens (tertiary/aromatic N) is 3. The van der Waals surface area contributed by atoms with Gasteiger partial charge in [0.15, 0.2) is 0 Å². The van der Waals surface area contributed by atoms with Gasteiger partial charge in [0.2, 0.25) is 0 Å². The van der Waals surface area contributed by atoms with E-state index in [0.29, 0.717) is 11.3 Å². The van der Waals surface area contributed by atoms with Crippen molar-refractivity contribution >= 4 is 17.3 Å². The number of fused-ring (bicyclic) bond motifs is 1. The van der Waals surface area contributed by atoms with Gasteiger partial charge in [-0.2, -0.15) is 5.10 Å². The van der Waals surface area contributed by atoms with Crippen LogP contribution in [0.15, 0.2) is 48.9 Å². The van der Waals surface area contributed by atoms with Crippen LogP contribution < -0.4 is 10.6 Å². The summed E-state index contributed by atoms with van der Waals surface area (Å²) < 4.78 is 3.66. The normalized spacial score (nSPS) is 19.5. The second-order valence-electron chi connectivity index (χ2n) is 7.26. The molecule has 1 fully saturated rings. The maximum absolute atomic E-state index is 12.8. The third-order valence-corrected chi connectivity index (χ3v) is 5.36. The fourth-order valence-electron chi connectivity index (χ4n) is 3.81. The van der Waals surface area contributed by atoms with Gasteiger partial charge in [-0.3, -0.25) is 14.3 Å². The molecule has 0 unspecified atom stereocenters. The van der Waals surface area contributed by atoms with E-state index in [4.69, 9.17) is 0 Å². The van der Waals surface area contributed by atoms with Crippen LogP contribution in [-0.4, -0.2) is 38.1 Å². The summed E-state index contributed by atoms with van der Waals surface area (Å²) in [4.78, 5) is 25.3. The second kappa shape index (κ2) is 7.88. The fraction of sp³-hybridized carbons (Fsp3) is 0.381. The standard InChI is InChI=1S/C21H25N5O2/c1-2-26-12-10-19(24-26)21(28)23-18-9-4-3-8-17(18)22-20(27)15-13-16-7-5-6-11-25(16)14-15/h5-7,10-14,17-18H,2-4,8-9H2,1H3,(H,22,27)(H,23,28)/t17-,18-/m1/s1. The summed E-state index contributed by atoms with van der Waals surface area (Å²) in [5.74, 6) is -0.293. The predicted octanol–water partition coefficient (Wildman–Crippen LogP) is 2.63. The van der Waals surface area contributed by atoms with E-state index in [0.717, 1.165) is 37.7 Å². The smallest absolute Gasteiger partial charge is 0.272 e. The van der Waals surface area contributed by atoms with Crippen molar-refractivity contribution in [2.45, 2.75) is 51.2 Å². The van der Waals surface area contributed by atoms with E-state index in [1.165, 1.54) is 0 Å². The molecule has 1 aliphatic rings. The third kappa shape index (κ3) is 3.78. The Morgan fingerprint density at radius 1 is 1.07 bits per heavy atom. The van der Waals surface area contributed by atoms with Crippen LogP contribution in [0.5, 0.6) is 0 Å². The summed E-state index contributed by atoms with van der Waals surface area (Å²) in [5, 5.41) is 10.5. The molecule has 0 bridgehead atoms. The number of pyridine rings is 1. The van der Waals surface area contributed by atoms with Crippen molar-refractivity contribution in [3.05, 3.63) is 60.2 Å². The average molecular weight is 379 g/mol. The highest BCUT2D eigenvalue weighted by Gasteiger charge is 2.29. The van der Waals surface area contributed by atoms with Gasteiger partial charge in [0.1, 0.15) is 5.69 Å². The van der Waals surface area contributed by atoms with Gasteiger partial charge in [0, 0.05) is 42.7 Å². The average Bonchev–Trinajstić information content (AvgIpc) is 3.36. The lowest BCUT2D eigenvalue weighted by Crippen LogP contribution is -2.53. The van der Waals surface area contributed by atoms with E-state index in [1.807, 2.05) is 48.0 Å². The van der Waals surface area contributed by atoms with Gasteiger partial charge in [-0.15, -0.1) is 0 Å². The number of nitrogens with one attached hydrogen (secondary N) is 2. The highest BCUT2D eigenvalue weighted by Crippen LogP contribution is 2.20. The van der Waals surface area contributed by atoms with Crippen LogP contribution in [-0.2, 0) is 6.54 Å². The second-order valence-corrected chi connectivity index (χ2v) is 7.26. The highest BCUT2D eigenvalue weighted by molar-refractivity contribution is 5.96. The van der Waals surface area contributed by atoms with Gasteiger partial charge in [-0.05, 0) is 44.0 Å². The molecule has 2 amide bonds. The van der Waals surface area contributed by atoms with Crippen LogP contribution in [0.2, 0.25) is 0 Å². The summed E-state index contributed by atoms with van der Waals surface area (Å²) in [7, 11) is 0. The van der Waals surface area contributed by atoms with E-state index in [-0.39, 0.29) is 23.9 Å². The molecule has 0 saturated heterocycles. The Kier molecular flexibility index (Phi) is 5.14. The monoisotopic (exact) mass is 379 g/mol. The Morgan fingerprint density at radius 3 is 2.50 bits per heavy atom. The van der Waals surface area contributed by atoms with Gasteiger partial charge in [-0.1, -0.05) is 18.9 Å². The molecule has 3 aromatic heterocycles. The van der Waals surface area contributed by atoms with Crippen LogP contribution in [0.1, 0.15) is 53.5 Å². The van der Waals surface area contributed by atoms with Crippen LogP contribution in [0, 0.1) is 0 Å². The number of hydrogen-bond acceptors (Lipinski definition) is 3. The van der Waals surface area contributed by atoms with E-state index in [2.05, 4.69) is 15.7 Å². The fourth-order valence-corrected chi connectivity index (χ4v) is 3.81. The number of aryl methyl sites for hydroxylation is 1. The van der Waals surface area contributed by atoms with Crippen molar-refractivity contribution in [3.8, 4) is 0 Å². The molecule has 1 aliphatic carbocycles. The first-order valence-electron chi connectivity index (χ1n) is 9.86. The Hall–Kier alpha value is -3.09. The molecular formula is C21H25N5O2. The number of amides is 2. The lowest BCUT2D eigenvalue weighted by atomic mass is 9.90. The number of carbonyl (C=O) groups is 2. The van der Waals surface area contributed by atoms with Gasteiger partial charge in [0.25, 0.3) is 11.8 Å². The van der Waals surface area contributed by atoms with Gasteiger partial charge < -0.3 is 15.0 Å². The maximum atomic E-state index is 12.8. The lowest BCUT2D eigenvalue weighted by molar-refractivity contribution is 0.0860. The van der Waals surface area contributed by atoms with Crippen molar-refractivity contribution < 1.29 is 9.59 Å². The molecule has 0 aliphatic heterocycles. The first-order chi connectivity index (χ1) is 13.6. The Morgan fingerprint density at radius 2 is 1.82 bits per heavy atom. The molecule has 146 valence electrons. The minimum Gasteiger partial charge on any atom is -0.347 e. The lowest BCUT2D eigenvalue weighted by Gasteiger charge is -2.32. The van der Waals surface area contributed by atoms with Crippen LogP contribution in [0.3, 0.4) is 0 Å². The molecule has 0 spiro atoms. The molecule has 7 nitrogen and oxygen atoms in total. The SMILES string of the molecule is CCn1ccc(C(=O)N[C@@H]2CCCC[C@H]2NC(=O)c2cc3ccccn3c2)n1. The van der Waals surface area contributed by atoms with Crippen molar-refractivity contribution in [1.29, 1.82) is 0 Å². The first kappa shape index (κ1) is 18.3. The maximum Gasteiger partial charge on any atom is 0.272 e. The largest absolute Gasteiger partial charge is 0.347 e. The third-order valence-electron chi connectivity index (χ3n) is 5.36. The molecule has 28 heavy (non-hydrogen) atoms. The summed E-state index contributed by atoms with van der Waals surface area (Å²) in [6.45, 7) is 2.70. The predicted molar refractivity (Wildman–Crippen MR) is 106 cm³/mol. The molecule has 1 saturated carbocycles. The Labute approximate surface area is 163 Å². The zero-order valence-electron chi connectivity index (χ0n) is 16.0. The molecule has 0 aromatic carbocycles. The number of carbonyl (C=O) groups excluding carboxylic acids is 2. The van der Waals surface area contributed by atoms with Crippen LogP contribution >= 0.6 is 0 Å². The van der Waals surface area contributed by atoms with Gasteiger partial charge >= 0.3 is 0 Å². The van der Waals surface area contributed by atoms with E-state index < -0.39 is 0 Å². The highest BCUT2D eigenvalue weighted by atomic mass is 16.2. The van der Waals surface area contributed by atoms with Crippen molar-refractivity contribution in [2.75, 3.05) is 0 Å².